The summed E-state index contributed by atoms with van der Waals surface area (Å²) in [5.74, 6) is -0.0807. The lowest BCUT2D eigenvalue weighted by Gasteiger charge is -2.19. The van der Waals surface area contributed by atoms with Gasteiger partial charge in [-0.1, -0.05) is 40.7 Å². The number of nitrogens with zero attached hydrogens (tertiary/aromatic N) is 1. The van der Waals surface area contributed by atoms with E-state index in [0.29, 0.717) is 13.1 Å². The maximum absolute atomic E-state index is 11.5. The molecule has 1 aromatic carbocycles. The molecule has 1 aromatic rings. The van der Waals surface area contributed by atoms with Crippen molar-refractivity contribution in [2.24, 2.45) is 0 Å². The molecule has 0 radical (unpaired) electrons. The van der Waals surface area contributed by atoms with E-state index in [-0.39, 0.29) is 5.91 Å². The summed E-state index contributed by atoms with van der Waals surface area (Å²) >= 11 is 3.37. The van der Waals surface area contributed by atoms with Gasteiger partial charge in [-0.25, -0.2) is 0 Å². The van der Waals surface area contributed by atoms with Gasteiger partial charge in [0, 0.05) is 17.6 Å². The molecule has 84 valence electrons. The predicted molar refractivity (Wildman–Crippen MR) is 70.0 cm³/mol. The van der Waals surface area contributed by atoms with E-state index in [2.05, 4.69) is 29.1 Å². The van der Waals surface area contributed by atoms with Crippen LogP contribution < -0.4 is 0 Å². The molecule has 0 saturated carbocycles. The molecular weight excluding hydrogens is 266 g/mol. The van der Waals surface area contributed by atoms with E-state index >= 15 is 0 Å². The maximum atomic E-state index is 11.5. The van der Waals surface area contributed by atoms with E-state index in [1.807, 2.05) is 24.3 Å². The summed E-state index contributed by atoms with van der Waals surface area (Å²) in [7, 11) is 0. The SMILES string of the molecule is C=CCN(Cc1ccc(Br)cc1)C(=O)C=C. The van der Waals surface area contributed by atoms with E-state index in [1.165, 1.54) is 6.08 Å². The van der Waals surface area contributed by atoms with Crippen LogP contribution in [0.4, 0.5) is 0 Å². The zero-order valence-corrected chi connectivity index (χ0v) is 10.6. The molecule has 1 rings (SSSR count). The van der Waals surface area contributed by atoms with E-state index in [1.54, 1.807) is 11.0 Å². The van der Waals surface area contributed by atoms with Gasteiger partial charge in [0.15, 0.2) is 0 Å². The Labute approximate surface area is 104 Å². The van der Waals surface area contributed by atoms with Crippen LogP contribution >= 0.6 is 15.9 Å². The van der Waals surface area contributed by atoms with E-state index in [0.717, 1.165) is 10.0 Å². The number of hydrogen-bond donors (Lipinski definition) is 0. The molecule has 0 aromatic heterocycles. The Balaban J connectivity index is 2.74. The molecule has 2 nitrogen and oxygen atoms in total. The Bertz CT molecular complexity index is 383. The van der Waals surface area contributed by atoms with Gasteiger partial charge in [-0.3, -0.25) is 4.79 Å². The molecule has 0 unspecified atom stereocenters. The van der Waals surface area contributed by atoms with Crippen molar-refractivity contribution in [3.63, 3.8) is 0 Å². The second-order valence-electron chi connectivity index (χ2n) is 3.34. The summed E-state index contributed by atoms with van der Waals surface area (Å²) in [5.41, 5.74) is 1.08. The van der Waals surface area contributed by atoms with Crippen molar-refractivity contribution in [2.45, 2.75) is 6.54 Å². The van der Waals surface area contributed by atoms with Gasteiger partial charge in [-0.15, -0.1) is 6.58 Å². The topological polar surface area (TPSA) is 20.3 Å². The third-order valence-electron chi connectivity index (χ3n) is 2.12. The van der Waals surface area contributed by atoms with Crippen LogP contribution in [0.3, 0.4) is 0 Å². The van der Waals surface area contributed by atoms with Crippen LogP contribution in [-0.2, 0) is 11.3 Å². The number of hydrogen-bond acceptors (Lipinski definition) is 1. The summed E-state index contributed by atoms with van der Waals surface area (Å²) in [6.07, 6.45) is 3.03. The molecule has 0 spiro atoms. The fourth-order valence-electron chi connectivity index (χ4n) is 1.33. The van der Waals surface area contributed by atoms with Crippen molar-refractivity contribution in [1.29, 1.82) is 0 Å². The second-order valence-corrected chi connectivity index (χ2v) is 4.25. The fraction of sp³-hybridized carbons (Fsp3) is 0.154. The minimum atomic E-state index is -0.0807. The van der Waals surface area contributed by atoms with Crippen molar-refractivity contribution in [2.75, 3.05) is 6.54 Å². The fourth-order valence-corrected chi connectivity index (χ4v) is 1.59. The Morgan fingerprint density at radius 1 is 1.31 bits per heavy atom. The predicted octanol–water partition coefficient (Wildman–Crippen LogP) is 3.15. The second kappa shape index (κ2) is 6.28. The number of carbonyl (C=O) groups excluding carboxylic acids is 1. The van der Waals surface area contributed by atoms with Gasteiger partial charge >= 0.3 is 0 Å². The first-order valence-electron chi connectivity index (χ1n) is 4.94. The summed E-state index contributed by atoms with van der Waals surface area (Å²) in [6.45, 7) is 8.23. The minimum absolute atomic E-state index is 0.0807. The molecule has 3 heteroatoms. The molecule has 0 N–H and O–H groups in total. The van der Waals surface area contributed by atoms with Crippen LogP contribution in [0, 0.1) is 0 Å². The molecule has 16 heavy (non-hydrogen) atoms. The molecule has 0 saturated heterocycles. The Morgan fingerprint density at radius 2 is 1.94 bits per heavy atom. The van der Waals surface area contributed by atoms with Gasteiger partial charge in [0.2, 0.25) is 5.91 Å². The standard InChI is InChI=1S/C13H14BrNO/c1-3-9-15(13(16)4-2)10-11-5-7-12(14)8-6-11/h3-8H,1-2,9-10H2. The lowest BCUT2D eigenvalue weighted by Crippen LogP contribution is -2.28. The zero-order chi connectivity index (χ0) is 12.0. The van der Waals surface area contributed by atoms with Gasteiger partial charge < -0.3 is 4.90 Å². The van der Waals surface area contributed by atoms with Crippen LogP contribution in [0.5, 0.6) is 0 Å². The molecule has 0 aliphatic rings. The Hall–Kier alpha value is -1.35. The lowest BCUT2D eigenvalue weighted by atomic mass is 10.2. The number of benzene rings is 1. The Kier molecular flexibility index (Phi) is 4.99. The first kappa shape index (κ1) is 12.7. The van der Waals surface area contributed by atoms with E-state index in [9.17, 15) is 4.79 Å². The molecule has 0 bridgehead atoms. The lowest BCUT2D eigenvalue weighted by molar-refractivity contribution is -0.126. The van der Waals surface area contributed by atoms with Crippen LogP contribution in [0.25, 0.3) is 0 Å². The number of amides is 1. The highest BCUT2D eigenvalue weighted by Gasteiger charge is 2.08. The summed E-state index contributed by atoms with van der Waals surface area (Å²) in [5, 5.41) is 0. The quantitative estimate of drug-likeness (QED) is 0.599. The van der Waals surface area contributed by atoms with Crippen LogP contribution in [-0.4, -0.2) is 17.4 Å². The summed E-state index contributed by atoms with van der Waals surface area (Å²) in [4.78, 5) is 13.2. The molecule has 0 atom stereocenters. The largest absolute Gasteiger partial charge is 0.331 e. The van der Waals surface area contributed by atoms with Crippen molar-refractivity contribution >= 4 is 21.8 Å². The first-order valence-corrected chi connectivity index (χ1v) is 5.73. The molecule has 0 fully saturated rings. The molecule has 0 aliphatic heterocycles. The van der Waals surface area contributed by atoms with Gasteiger partial charge in [0.25, 0.3) is 0 Å². The number of carbonyl (C=O) groups is 1. The van der Waals surface area contributed by atoms with Gasteiger partial charge in [-0.05, 0) is 23.8 Å². The molecular formula is C13H14BrNO. The smallest absolute Gasteiger partial charge is 0.246 e. The molecule has 0 aliphatic carbocycles. The maximum Gasteiger partial charge on any atom is 0.246 e. The highest BCUT2D eigenvalue weighted by molar-refractivity contribution is 9.10. The van der Waals surface area contributed by atoms with Crippen molar-refractivity contribution in [3.8, 4) is 0 Å². The summed E-state index contributed by atoms with van der Waals surface area (Å²) < 4.78 is 1.03. The van der Waals surface area contributed by atoms with E-state index < -0.39 is 0 Å². The van der Waals surface area contributed by atoms with Crippen molar-refractivity contribution < 1.29 is 4.79 Å². The zero-order valence-electron chi connectivity index (χ0n) is 9.03. The highest BCUT2D eigenvalue weighted by atomic mass is 79.9. The minimum Gasteiger partial charge on any atom is -0.331 e. The van der Waals surface area contributed by atoms with Gasteiger partial charge in [0.1, 0.15) is 0 Å². The van der Waals surface area contributed by atoms with Crippen LogP contribution in [0.1, 0.15) is 5.56 Å². The van der Waals surface area contributed by atoms with Crippen molar-refractivity contribution in [3.05, 3.63) is 59.6 Å². The van der Waals surface area contributed by atoms with Crippen molar-refractivity contribution in [1.82, 2.24) is 4.90 Å². The molecule has 0 heterocycles. The van der Waals surface area contributed by atoms with Crippen LogP contribution in [0.15, 0.2) is 54.0 Å². The third-order valence-corrected chi connectivity index (χ3v) is 2.65. The first-order chi connectivity index (χ1) is 7.67. The number of rotatable bonds is 5. The number of halogens is 1. The van der Waals surface area contributed by atoms with Crippen LogP contribution in [0.2, 0.25) is 0 Å². The average molecular weight is 280 g/mol. The van der Waals surface area contributed by atoms with Gasteiger partial charge in [0.05, 0.1) is 0 Å². The highest BCUT2D eigenvalue weighted by Crippen LogP contribution is 2.12. The summed E-state index contributed by atoms with van der Waals surface area (Å²) in [6, 6.07) is 7.88. The molecule has 1 amide bonds. The normalized spacial score (nSPS) is 9.56. The van der Waals surface area contributed by atoms with E-state index in [4.69, 9.17) is 0 Å². The third kappa shape index (κ3) is 3.66. The average Bonchev–Trinajstić information content (AvgIpc) is 2.30. The van der Waals surface area contributed by atoms with Gasteiger partial charge in [-0.2, -0.15) is 0 Å². The monoisotopic (exact) mass is 279 g/mol. The Morgan fingerprint density at radius 3 is 2.44 bits per heavy atom.